The number of halogens is 1. The fourth-order valence-corrected chi connectivity index (χ4v) is 2.21. The molecule has 0 aromatic carbocycles. The fourth-order valence-electron chi connectivity index (χ4n) is 2.07. The van der Waals surface area contributed by atoms with Crippen molar-refractivity contribution in [3.63, 3.8) is 0 Å². The average Bonchev–Trinajstić information content (AvgIpc) is 2.83. The molecule has 0 unspecified atom stereocenters. The van der Waals surface area contributed by atoms with Crippen LogP contribution in [0.15, 0.2) is 23.3 Å². The van der Waals surface area contributed by atoms with Crippen molar-refractivity contribution in [1.29, 1.82) is 0 Å². The lowest BCUT2D eigenvalue weighted by Crippen LogP contribution is -2.33. The minimum Gasteiger partial charge on any atom is -0.350 e. The number of pyridine rings is 1. The number of aromatic amines is 1. The highest BCUT2D eigenvalue weighted by atomic mass is 35.5. The van der Waals surface area contributed by atoms with E-state index in [9.17, 15) is 9.59 Å². The number of amides is 1. The Hall–Kier alpha value is -2.08. The Kier molecular flexibility index (Phi) is 4.47. The summed E-state index contributed by atoms with van der Waals surface area (Å²) in [6, 6.07) is 1.38. The van der Waals surface area contributed by atoms with Gasteiger partial charge in [-0.15, -0.1) is 0 Å². The molecule has 112 valence electrons. The monoisotopic (exact) mass is 308 g/mol. The molecule has 0 bridgehead atoms. The molecule has 1 atom stereocenters. The van der Waals surface area contributed by atoms with E-state index in [0.29, 0.717) is 10.6 Å². The van der Waals surface area contributed by atoms with Crippen LogP contribution in [0.5, 0.6) is 0 Å². The van der Waals surface area contributed by atoms with Crippen LogP contribution in [0.1, 0.15) is 29.8 Å². The van der Waals surface area contributed by atoms with Crippen molar-refractivity contribution in [2.24, 2.45) is 0 Å². The molecule has 6 nitrogen and oxygen atoms in total. The Balaban J connectivity index is 2.06. The lowest BCUT2D eigenvalue weighted by molar-refractivity contribution is -0.124. The number of carbonyl (C=O) groups excluding carboxylic acids is 1. The highest BCUT2D eigenvalue weighted by Crippen LogP contribution is 2.11. The van der Waals surface area contributed by atoms with E-state index in [4.69, 9.17) is 11.6 Å². The lowest BCUT2D eigenvalue weighted by atomic mass is 10.1. The zero-order valence-electron chi connectivity index (χ0n) is 12.1. The van der Waals surface area contributed by atoms with Crippen LogP contribution in [0.2, 0.25) is 5.02 Å². The van der Waals surface area contributed by atoms with Gasteiger partial charge in [-0.1, -0.05) is 11.6 Å². The van der Waals surface area contributed by atoms with Gasteiger partial charge in [0.1, 0.15) is 6.04 Å². The maximum atomic E-state index is 12.1. The van der Waals surface area contributed by atoms with Gasteiger partial charge in [0, 0.05) is 24.0 Å². The van der Waals surface area contributed by atoms with Crippen molar-refractivity contribution >= 4 is 17.5 Å². The molecule has 0 saturated heterocycles. The van der Waals surface area contributed by atoms with Crippen molar-refractivity contribution in [3.8, 4) is 0 Å². The molecule has 2 N–H and O–H groups in total. The molecule has 0 aliphatic rings. The Labute approximate surface area is 127 Å². The van der Waals surface area contributed by atoms with Gasteiger partial charge in [0.05, 0.1) is 11.2 Å². The van der Waals surface area contributed by atoms with Crippen molar-refractivity contribution in [2.45, 2.75) is 33.4 Å². The van der Waals surface area contributed by atoms with E-state index in [0.717, 1.165) is 11.3 Å². The number of carbonyl (C=O) groups is 1. The minimum atomic E-state index is -0.498. The summed E-state index contributed by atoms with van der Waals surface area (Å²) in [4.78, 5) is 26.7. The molecule has 2 heterocycles. The van der Waals surface area contributed by atoms with Gasteiger partial charge < -0.3 is 10.3 Å². The largest absolute Gasteiger partial charge is 0.350 e. The Morgan fingerprint density at radius 2 is 2.24 bits per heavy atom. The lowest BCUT2D eigenvalue weighted by Gasteiger charge is -2.13. The summed E-state index contributed by atoms with van der Waals surface area (Å²) in [6.07, 6.45) is 3.05. The highest BCUT2D eigenvalue weighted by molar-refractivity contribution is 6.30. The summed E-state index contributed by atoms with van der Waals surface area (Å²) < 4.78 is 1.48. The summed E-state index contributed by atoms with van der Waals surface area (Å²) in [6.45, 7) is 5.56. The summed E-state index contributed by atoms with van der Waals surface area (Å²) in [5, 5.41) is 7.21. The zero-order chi connectivity index (χ0) is 15.6. The molecule has 0 aliphatic heterocycles. The van der Waals surface area contributed by atoms with E-state index in [2.05, 4.69) is 15.4 Å². The zero-order valence-corrected chi connectivity index (χ0v) is 12.9. The molecule has 0 fully saturated rings. The summed E-state index contributed by atoms with van der Waals surface area (Å²) >= 11 is 5.78. The third kappa shape index (κ3) is 3.52. The average molecular weight is 309 g/mol. The normalized spacial score (nSPS) is 12.2. The Morgan fingerprint density at radius 3 is 2.81 bits per heavy atom. The molecule has 7 heteroatoms. The van der Waals surface area contributed by atoms with Crippen molar-refractivity contribution in [2.75, 3.05) is 0 Å². The molecular weight excluding hydrogens is 292 g/mol. The number of nitrogens with one attached hydrogen (secondary N) is 2. The van der Waals surface area contributed by atoms with E-state index < -0.39 is 6.04 Å². The molecular formula is C14H17ClN4O2. The maximum absolute atomic E-state index is 12.1. The first-order valence-corrected chi connectivity index (χ1v) is 6.93. The quantitative estimate of drug-likeness (QED) is 0.902. The molecule has 2 aromatic rings. The second-order valence-electron chi connectivity index (χ2n) is 4.98. The first-order valence-electron chi connectivity index (χ1n) is 6.55. The maximum Gasteiger partial charge on any atom is 0.253 e. The number of hydrogen-bond acceptors (Lipinski definition) is 3. The number of nitrogens with zero attached hydrogens (tertiary/aromatic N) is 2. The van der Waals surface area contributed by atoms with Crippen LogP contribution >= 0.6 is 11.6 Å². The molecule has 0 saturated carbocycles. The van der Waals surface area contributed by atoms with Crippen molar-refractivity contribution in [1.82, 2.24) is 20.1 Å². The van der Waals surface area contributed by atoms with Gasteiger partial charge in [-0.25, -0.2) is 0 Å². The third-order valence-electron chi connectivity index (χ3n) is 3.28. The third-order valence-corrected chi connectivity index (χ3v) is 3.47. The number of rotatable bonds is 4. The number of aromatic nitrogens is 3. The topological polar surface area (TPSA) is 79.8 Å². The van der Waals surface area contributed by atoms with Crippen LogP contribution in [0, 0.1) is 13.8 Å². The standard InChI is InChI=1S/C14H17ClN4O2/c1-8-4-9(2)18-14(21)12(8)6-16-13(20)10(3)19-7-11(15)5-17-19/h4-5,7,10H,6H2,1-3H3,(H,16,20)(H,18,21)/t10-/m0/s1. The van der Waals surface area contributed by atoms with E-state index in [-0.39, 0.29) is 18.0 Å². The molecule has 1 amide bonds. The predicted molar refractivity (Wildman–Crippen MR) is 80.3 cm³/mol. The molecule has 21 heavy (non-hydrogen) atoms. The second-order valence-corrected chi connectivity index (χ2v) is 5.41. The molecule has 0 aliphatic carbocycles. The van der Waals surface area contributed by atoms with E-state index >= 15 is 0 Å². The summed E-state index contributed by atoms with van der Waals surface area (Å²) in [7, 11) is 0. The van der Waals surface area contributed by atoms with Crippen LogP contribution in [0.3, 0.4) is 0 Å². The van der Waals surface area contributed by atoms with Crippen LogP contribution in [-0.2, 0) is 11.3 Å². The molecule has 0 spiro atoms. The minimum absolute atomic E-state index is 0.178. The summed E-state index contributed by atoms with van der Waals surface area (Å²) in [5.41, 5.74) is 2.03. The van der Waals surface area contributed by atoms with E-state index in [1.165, 1.54) is 10.9 Å². The SMILES string of the molecule is Cc1cc(C)c(CNC(=O)[C@H](C)n2cc(Cl)cn2)c(=O)[nH]1. The van der Waals surface area contributed by atoms with Gasteiger partial charge >= 0.3 is 0 Å². The molecule has 2 rings (SSSR count). The number of H-pyrrole nitrogens is 1. The number of hydrogen-bond donors (Lipinski definition) is 2. The predicted octanol–water partition coefficient (Wildman–Crippen LogP) is 1.72. The molecule has 2 aromatic heterocycles. The van der Waals surface area contributed by atoms with Crippen LogP contribution in [-0.4, -0.2) is 20.7 Å². The van der Waals surface area contributed by atoms with Gasteiger partial charge in [-0.3, -0.25) is 14.3 Å². The fraction of sp³-hybridized carbons (Fsp3) is 0.357. The van der Waals surface area contributed by atoms with E-state index in [1.54, 1.807) is 13.1 Å². The van der Waals surface area contributed by atoms with Crippen LogP contribution in [0.4, 0.5) is 0 Å². The van der Waals surface area contributed by atoms with Crippen LogP contribution in [0.25, 0.3) is 0 Å². The second kappa shape index (κ2) is 6.13. The Bertz CT molecular complexity index is 720. The van der Waals surface area contributed by atoms with Crippen molar-refractivity contribution in [3.05, 3.63) is 50.7 Å². The van der Waals surface area contributed by atoms with Gasteiger partial charge in [0.15, 0.2) is 0 Å². The highest BCUT2D eigenvalue weighted by Gasteiger charge is 2.16. The first-order chi connectivity index (χ1) is 9.88. The van der Waals surface area contributed by atoms with Crippen LogP contribution < -0.4 is 10.9 Å². The summed E-state index contributed by atoms with van der Waals surface area (Å²) in [5.74, 6) is -0.228. The van der Waals surface area contributed by atoms with Gasteiger partial charge in [0.2, 0.25) is 5.91 Å². The van der Waals surface area contributed by atoms with E-state index in [1.807, 2.05) is 19.9 Å². The van der Waals surface area contributed by atoms with Gasteiger partial charge in [-0.2, -0.15) is 5.10 Å². The smallest absolute Gasteiger partial charge is 0.253 e. The van der Waals surface area contributed by atoms with Gasteiger partial charge in [0.25, 0.3) is 5.56 Å². The van der Waals surface area contributed by atoms with Crippen molar-refractivity contribution < 1.29 is 4.79 Å². The Morgan fingerprint density at radius 1 is 1.52 bits per heavy atom. The first kappa shape index (κ1) is 15.3. The number of aryl methyl sites for hydroxylation is 2. The molecule has 0 radical (unpaired) electrons. The van der Waals surface area contributed by atoms with Gasteiger partial charge in [-0.05, 0) is 32.4 Å².